The van der Waals surface area contributed by atoms with Crippen molar-refractivity contribution in [1.29, 1.82) is 0 Å². The Labute approximate surface area is 89.9 Å². The van der Waals surface area contributed by atoms with E-state index in [1.165, 1.54) is 12.8 Å². The molecule has 1 N–H and O–H groups in total. The maximum atomic E-state index is 10.4. The van der Waals surface area contributed by atoms with Gasteiger partial charge in [-0.15, -0.1) is 0 Å². The normalized spacial score (nSPS) is 23.6. The minimum absolute atomic E-state index is 0.281. The van der Waals surface area contributed by atoms with E-state index in [1.54, 1.807) is 0 Å². The number of thioether (sulfide) groups is 1. The van der Waals surface area contributed by atoms with E-state index in [1.807, 2.05) is 11.8 Å². The van der Waals surface area contributed by atoms with E-state index < -0.39 is 5.97 Å². The van der Waals surface area contributed by atoms with E-state index >= 15 is 0 Å². The van der Waals surface area contributed by atoms with Gasteiger partial charge in [-0.25, -0.2) is 0 Å². The smallest absolute Gasteiger partial charge is 0.304 e. The molecule has 1 aliphatic rings. The summed E-state index contributed by atoms with van der Waals surface area (Å²) in [6.07, 6.45) is 2.79. The number of hydrogen-bond acceptors (Lipinski definition) is 3. The molecule has 82 valence electrons. The summed E-state index contributed by atoms with van der Waals surface area (Å²) in [5.41, 5.74) is 0. The van der Waals surface area contributed by atoms with Gasteiger partial charge in [-0.05, 0) is 25.1 Å². The highest BCUT2D eigenvalue weighted by Gasteiger charge is 2.19. The molecule has 4 heteroatoms. The van der Waals surface area contributed by atoms with Gasteiger partial charge in [0.15, 0.2) is 0 Å². The van der Waals surface area contributed by atoms with Crippen LogP contribution in [0.1, 0.15) is 26.2 Å². The topological polar surface area (TPSA) is 40.5 Å². The van der Waals surface area contributed by atoms with Crippen molar-refractivity contribution in [1.82, 2.24) is 4.90 Å². The number of nitrogens with zero attached hydrogens (tertiary/aromatic N) is 1. The number of carboxylic acids is 1. The summed E-state index contributed by atoms with van der Waals surface area (Å²) in [5, 5.41) is 9.31. The number of likely N-dealkylation sites (tertiary alicyclic amines) is 1. The quantitative estimate of drug-likeness (QED) is 0.760. The van der Waals surface area contributed by atoms with Crippen molar-refractivity contribution in [2.24, 2.45) is 0 Å². The zero-order valence-corrected chi connectivity index (χ0v) is 9.55. The standard InChI is InChI=1S/C10H19NO2S/c1-2-14-9-4-3-6-11(8-9)7-5-10(12)13/h9H,2-8H2,1H3,(H,12,13). The molecule has 1 aliphatic heterocycles. The Bertz CT molecular complexity index is 185. The highest BCUT2D eigenvalue weighted by molar-refractivity contribution is 7.99. The Morgan fingerprint density at radius 2 is 2.43 bits per heavy atom. The van der Waals surface area contributed by atoms with Crippen LogP contribution >= 0.6 is 11.8 Å². The fourth-order valence-corrected chi connectivity index (χ4v) is 2.96. The van der Waals surface area contributed by atoms with Crippen LogP contribution in [0, 0.1) is 0 Å². The highest BCUT2D eigenvalue weighted by Crippen LogP contribution is 2.21. The van der Waals surface area contributed by atoms with Crippen LogP contribution in [0.3, 0.4) is 0 Å². The van der Waals surface area contributed by atoms with Crippen molar-refractivity contribution in [3.05, 3.63) is 0 Å². The first-order valence-corrected chi connectivity index (χ1v) is 6.33. The molecule has 1 fully saturated rings. The van der Waals surface area contributed by atoms with Crippen LogP contribution < -0.4 is 0 Å². The number of rotatable bonds is 5. The van der Waals surface area contributed by atoms with Gasteiger partial charge in [0, 0.05) is 18.3 Å². The molecule has 0 aromatic heterocycles. The highest BCUT2D eigenvalue weighted by atomic mass is 32.2. The second kappa shape index (κ2) is 6.30. The average Bonchev–Trinajstić information content (AvgIpc) is 2.16. The van der Waals surface area contributed by atoms with Crippen LogP contribution in [-0.4, -0.2) is 46.6 Å². The Balaban J connectivity index is 2.21. The summed E-state index contributed by atoms with van der Waals surface area (Å²) < 4.78 is 0. The molecule has 3 nitrogen and oxygen atoms in total. The third-order valence-corrected chi connectivity index (χ3v) is 3.70. The Kier molecular flexibility index (Phi) is 5.33. The van der Waals surface area contributed by atoms with Crippen molar-refractivity contribution < 1.29 is 9.90 Å². The molecule has 0 aliphatic carbocycles. The Hall–Kier alpha value is -0.220. The van der Waals surface area contributed by atoms with E-state index in [0.717, 1.165) is 30.6 Å². The predicted molar refractivity (Wildman–Crippen MR) is 59.8 cm³/mol. The lowest BCUT2D eigenvalue weighted by Gasteiger charge is -2.31. The van der Waals surface area contributed by atoms with Crippen LogP contribution in [-0.2, 0) is 4.79 Å². The molecule has 14 heavy (non-hydrogen) atoms. The molecular weight excluding hydrogens is 198 g/mol. The van der Waals surface area contributed by atoms with Crippen LogP contribution in [0.25, 0.3) is 0 Å². The molecule has 0 spiro atoms. The van der Waals surface area contributed by atoms with E-state index in [0.29, 0.717) is 0 Å². The minimum Gasteiger partial charge on any atom is -0.481 e. The molecule has 0 aromatic rings. The Morgan fingerprint density at radius 3 is 3.07 bits per heavy atom. The molecule has 0 amide bonds. The van der Waals surface area contributed by atoms with Gasteiger partial charge in [0.05, 0.1) is 6.42 Å². The van der Waals surface area contributed by atoms with Crippen molar-refractivity contribution >= 4 is 17.7 Å². The lowest BCUT2D eigenvalue weighted by molar-refractivity contribution is -0.137. The van der Waals surface area contributed by atoms with Crippen LogP contribution in [0.15, 0.2) is 0 Å². The summed E-state index contributed by atoms with van der Waals surface area (Å²) in [6.45, 7) is 5.05. The largest absolute Gasteiger partial charge is 0.481 e. The molecule has 0 radical (unpaired) electrons. The summed E-state index contributed by atoms with van der Waals surface area (Å²) in [7, 11) is 0. The third-order valence-electron chi connectivity index (χ3n) is 2.51. The lowest BCUT2D eigenvalue weighted by atomic mass is 10.1. The second-order valence-electron chi connectivity index (χ2n) is 3.66. The molecule has 1 atom stereocenters. The van der Waals surface area contributed by atoms with Crippen molar-refractivity contribution in [3.8, 4) is 0 Å². The maximum absolute atomic E-state index is 10.4. The van der Waals surface area contributed by atoms with Crippen molar-refractivity contribution in [2.45, 2.75) is 31.4 Å². The molecule has 1 unspecified atom stereocenters. The SMILES string of the molecule is CCSC1CCCN(CCC(=O)O)C1. The predicted octanol–water partition coefficient (Wildman–Crippen LogP) is 1.68. The maximum Gasteiger partial charge on any atom is 0.304 e. The van der Waals surface area contributed by atoms with Gasteiger partial charge in [0.2, 0.25) is 0 Å². The number of hydrogen-bond donors (Lipinski definition) is 1. The Morgan fingerprint density at radius 1 is 1.64 bits per heavy atom. The molecule has 0 aromatic carbocycles. The number of aliphatic carboxylic acids is 1. The first kappa shape index (κ1) is 11.9. The molecule has 0 bridgehead atoms. The summed E-state index contributed by atoms with van der Waals surface area (Å²) >= 11 is 2.00. The van der Waals surface area contributed by atoms with Crippen molar-refractivity contribution in [2.75, 3.05) is 25.4 Å². The summed E-state index contributed by atoms with van der Waals surface area (Å²) in [5.74, 6) is 0.479. The van der Waals surface area contributed by atoms with E-state index in [-0.39, 0.29) is 6.42 Å². The zero-order chi connectivity index (χ0) is 10.4. The zero-order valence-electron chi connectivity index (χ0n) is 8.74. The first-order chi connectivity index (χ1) is 6.72. The lowest BCUT2D eigenvalue weighted by Crippen LogP contribution is -2.38. The number of carbonyl (C=O) groups is 1. The van der Waals surface area contributed by atoms with Crippen LogP contribution in [0.5, 0.6) is 0 Å². The average molecular weight is 217 g/mol. The number of carboxylic acid groups (broad SMARTS) is 1. The van der Waals surface area contributed by atoms with Gasteiger partial charge in [-0.2, -0.15) is 11.8 Å². The molecule has 1 saturated heterocycles. The minimum atomic E-state index is -0.685. The van der Waals surface area contributed by atoms with E-state index in [4.69, 9.17) is 5.11 Å². The molecule has 1 heterocycles. The van der Waals surface area contributed by atoms with Gasteiger partial charge in [-0.3, -0.25) is 4.79 Å². The molecule has 1 rings (SSSR count). The number of piperidine rings is 1. The van der Waals surface area contributed by atoms with Gasteiger partial charge in [-0.1, -0.05) is 6.92 Å². The molecular formula is C10H19NO2S. The molecule has 0 saturated carbocycles. The van der Waals surface area contributed by atoms with Crippen LogP contribution in [0.2, 0.25) is 0 Å². The van der Waals surface area contributed by atoms with Gasteiger partial charge in [0.25, 0.3) is 0 Å². The van der Waals surface area contributed by atoms with E-state index in [2.05, 4.69) is 11.8 Å². The van der Waals surface area contributed by atoms with Gasteiger partial charge < -0.3 is 10.0 Å². The van der Waals surface area contributed by atoms with E-state index in [9.17, 15) is 4.79 Å². The van der Waals surface area contributed by atoms with Gasteiger partial charge >= 0.3 is 5.97 Å². The summed E-state index contributed by atoms with van der Waals surface area (Å²) in [4.78, 5) is 12.7. The fraction of sp³-hybridized carbons (Fsp3) is 0.900. The monoisotopic (exact) mass is 217 g/mol. The summed E-state index contributed by atoms with van der Waals surface area (Å²) in [6, 6.07) is 0. The third kappa shape index (κ3) is 4.33. The van der Waals surface area contributed by atoms with Crippen LogP contribution in [0.4, 0.5) is 0 Å². The second-order valence-corrected chi connectivity index (χ2v) is 5.24. The van der Waals surface area contributed by atoms with Crippen molar-refractivity contribution in [3.63, 3.8) is 0 Å². The first-order valence-electron chi connectivity index (χ1n) is 5.28. The van der Waals surface area contributed by atoms with Gasteiger partial charge in [0.1, 0.15) is 0 Å². The fourth-order valence-electron chi connectivity index (χ4n) is 1.84.